The summed E-state index contributed by atoms with van der Waals surface area (Å²) < 4.78 is 5.28. The Labute approximate surface area is 105 Å². The van der Waals surface area contributed by atoms with Gasteiger partial charge in [-0.25, -0.2) is 0 Å². The van der Waals surface area contributed by atoms with E-state index in [0.717, 1.165) is 22.6 Å². The van der Waals surface area contributed by atoms with Gasteiger partial charge >= 0.3 is 0 Å². The lowest BCUT2D eigenvalue weighted by molar-refractivity contribution is 0.217. The van der Waals surface area contributed by atoms with Crippen LogP contribution < -0.4 is 4.74 Å². The maximum atomic E-state index is 10.4. The number of aliphatic hydroxyl groups is 1. The molecule has 1 aromatic carbocycles. The van der Waals surface area contributed by atoms with Crippen molar-refractivity contribution in [3.63, 3.8) is 0 Å². The third-order valence-electron chi connectivity index (χ3n) is 2.84. The monoisotopic (exact) mass is 248 g/mol. The normalized spacial score (nSPS) is 12.4. The standard InChI is InChI=1S/C14H16O2S/c1-3-10-8-9-17-14(10)13(15)11-6-4-5-7-12(11)16-2/h4-9,13,15H,3H2,1-2H3. The summed E-state index contributed by atoms with van der Waals surface area (Å²) in [6, 6.07) is 9.67. The molecule has 0 aliphatic rings. The van der Waals surface area contributed by atoms with Gasteiger partial charge in [0, 0.05) is 10.4 Å². The molecule has 0 fully saturated rings. The smallest absolute Gasteiger partial charge is 0.125 e. The molecule has 0 saturated carbocycles. The molecule has 1 aromatic heterocycles. The Balaban J connectivity index is 2.40. The number of para-hydroxylation sites is 1. The fraction of sp³-hybridized carbons (Fsp3) is 0.286. The molecule has 0 aliphatic heterocycles. The van der Waals surface area contributed by atoms with Crippen molar-refractivity contribution in [2.24, 2.45) is 0 Å². The molecule has 0 spiro atoms. The maximum Gasteiger partial charge on any atom is 0.125 e. The van der Waals surface area contributed by atoms with Crippen molar-refractivity contribution in [2.45, 2.75) is 19.4 Å². The molecule has 0 saturated heterocycles. The van der Waals surface area contributed by atoms with E-state index in [1.807, 2.05) is 29.6 Å². The van der Waals surface area contributed by atoms with Crippen LogP contribution in [0.4, 0.5) is 0 Å². The van der Waals surface area contributed by atoms with Crippen molar-refractivity contribution in [1.29, 1.82) is 0 Å². The van der Waals surface area contributed by atoms with Crippen LogP contribution >= 0.6 is 11.3 Å². The van der Waals surface area contributed by atoms with Crippen molar-refractivity contribution in [3.8, 4) is 5.75 Å². The molecule has 0 aliphatic carbocycles. The Morgan fingerprint density at radius 1 is 1.29 bits per heavy atom. The number of aliphatic hydroxyl groups excluding tert-OH is 1. The average molecular weight is 248 g/mol. The van der Waals surface area contributed by atoms with Crippen LogP contribution in [-0.4, -0.2) is 12.2 Å². The highest BCUT2D eigenvalue weighted by atomic mass is 32.1. The number of aryl methyl sites for hydroxylation is 1. The fourth-order valence-corrected chi connectivity index (χ4v) is 2.91. The van der Waals surface area contributed by atoms with Gasteiger partial charge in [-0.15, -0.1) is 11.3 Å². The van der Waals surface area contributed by atoms with E-state index in [-0.39, 0.29) is 0 Å². The van der Waals surface area contributed by atoms with Crippen molar-refractivity contribution >= 4 is 11.3 Å². The van der Waals surface area contributed by atoms with Crippen molar-refractivity contribution in [2.75, 3.05) is 7.11 Å². The molecular weight excluding hydrogens is 232 g/mol. The molecular formula is C14H16O2S. The van der Waals surface area contributed by atoms with Gasteiger partial charge in [-0.3, -0.25) is 0 Å². The number of ether oxygens (including phenoxy) is 1. The Kier molecular flexibility index (Phi) is 3.82. The van der Waals surface area contributed by atoms with E-state index in [2.05, 4.69) is 13.0 Å². The Hall–Kier alpha value is -1.32. The minimum atomic E-state index is -0.596. The number of benzene rings is 1. The van der Waals surface area contributed by atoms with Crippen molar-refractivity contribution in [3.05, 3.63) is 51.7 Å². The van der Waals surface area contributed by atoms with E-state index < -0.39 is 6.10 Å². The van der Waals surface area contributed by atoms with Crippen LogP contribution in [0.5, 0.6) is 5.75 Å². The second-order valence-electron chi connectivity index (χ2n) is 3.81. The lowest BCUT2D eigenvalue weighted by Gasteiger charge is -2.14. The summed E-state index contributed by atoms with van der Waals surface area (Å²) in [5, 5.41) is 12.5. The first-order valence-electron chi connectivity index (χ1n) is 5.65. The van der Waals surface area contributed by atoms with Crippen molar-refractivity contribution in [1.82, 2.24) is 0 Å². The topological polar surface area (TPSA) is 29.5 Å². The molecule has 0 radical (unpaired) electrons. The summed E-state index contributed by atoms with van der Waals surface area (Å²) in [5.74, 6) is 0.732. The largest absolute Gasteiger partial charge is 0.496 e. The Bertz CT molecular complexity index is 490. The summed E-state index contributed by atoms with van der Waals surface area (Å²) in [6.07, 6.45) is 0.339. The van der Waals surface area contributed by atoms with Crippen LogP contribution in [0.15, 0.2) is 35.7 Å². The SMILES string of the molecule is CCc1ccsc1C(O)c1ccccc1OC. The lowest BCUT2D eigenvalue weighted by atomic mass is 10.0. The summed E-state index contributed by atoms with van der Waals surface area (Å²) in [7, 11) is 1.63. The number of rotatable bonds is 4. The molecule has 1 N–H and O–H groups in total. The molecule has 2 aromatic rings. The number of thiophene rings is 1. The number of methoxy groups -OCH3 is 1. The second-order valence-corrected chi connectivity index (χ2v) is 4.76. The van der Waals surface area contributed by atoms with Gasteiger partial charge in [0.05, 0.1) is 7.11 Å². The van der Waals surface area contributed by atoms with Crippen LogP contribution in [0.2, 0.25) is 0 Å². The van der Waals surface area contributed by atoms with Gasteiger partial charge in [0.2, 0.25) is 0 Å². The van der Waals surface area contributed by atoms with Crippen molar-refractivity contribution < 1.29 is 9.84 Å². The first kappa shape index (κ1) is 12.1. The van der Waals surface area contributed by atoms with E-state index in [4.69, 9.17) is 4.74 Å². The van der Waals surface area contributed by atoms with Gasteiger partial charge in [-0.05, 0) is 29.5 Å². The van der Waals surface area contributed by atoms with Crippen LogP contribution in [0.3, 0.4) is 0 Å². The molecule has 0 amide bonds. The van der Waals surface area contributed by atoms with Gasteiger partial charge < -0.3 is 9.84 Å². The molecule has 3 heteroatoms. The predicted octanol–water partition coefficient (Wildman–Crippen LogP) is 3.40. The third-order valence-corrected chi connectivity index (χ3v) is 3.86. The minimum absolute atomic E-state index is 0.596. The number of hydrogen-bond donors (Lipinski definition) is 1. The molecule has 2 rings (SSSR count). The third kappa shape index (κ3) is 2.35. The van der Waals surface area contributed by atoms with E-state index in [1.54, 1.807) is 18.4 Å². The van der Waals surface area contributed by atoms with E-state index >= 15 is 0 Å². The molecule has 1 unspecified atom stereocenters. The van der Waals surface area contributed by atoms with Gasteiger partial charge in [0.25, 0.3) is 0 Å². The summed E-state index contributed by atoms with van der Waals surface area (Å²) in [5.41, 5.74) is 2.03. The van der Waals surface area contributed by atoms with Gasteiger partial charge in [0.15, 0.2) is 0 Å². The van der Waals surface area contributed by atoms with Crippen LogP contribution in [0.1, 0.15) is 29.0 Å². The van der Waals surface area contributed by atoms with E-state index in [0.29, 0.717) is 0 Å². The maximum absolute atomic E-state index is 10.4. The molecule has 1 atom stereocenters. The van der Waals surface area contributed by atoms with Crippen LogP contribution in [0, 0.1) is 0 Å². The molecule has 0 bridgehead atoms. The minimum Gasteiger partial charge on any atom is -0.496 e. The first-order chi connectivity index (χ1) is 8.27. The summed E-state index contributed by atoms with van der Waals surface area (Å²) in [4.78, 5) is 1.01. The zero-order chi connectivity index (χ0) is 12.3. The number of hydrogen-bond acceptors (Lipinski definition) is 3. The fourth-order valence-electron chi connectivity index (χ4n) is 1.91. The Morgan fingerprint density at radius 3 is 2.76 bits per heavy atom. The second kappa shape index (κ2) is 5.34. The quantitative estimate of drug-likeness (QED) is 0.898. The summed E-state index contributed by atoms with van der Waals surface area (Å²) >= 11 is 1.59. The van der Waals surface area contributed by atoms with Crippen LogP contribution in [-0.2, 0) is 6.42 Å². The zero-order valence-electron chi connectivity index (χ0n) is 10.0. The van der Waals surface area contributed by atoms with E-state index in [9.17, 15) is 5.11 Å². The highest BCUT2D eigenvalue weighted by Crippen LogP contribution is 2.34. The first-order valence-corrected chi connectivity index (χ1v) is 6.53. The molecule has 17 heavy (non-hydrogen) atoms. The highest BCUT2D eigenvalue weighted by molar-refractivity contribution is 7.10. The molecule has 1 heterocycles. The summed E-state index contributed by atoms with van der Waals surface area (Å²) in [6.45, 7) is 2.10. The van der Waals surface area contributed by atoms with Crippen LogP contribution in [0.25, 0.3) is 0 Å². The van der Waals surface area contributed by atoms with Gasteiger partial charge in [0.1, 0.15) is 11.9 Å². The lowest BCUT2D eigenvalue weighted by Crippen LogP contribution is -2.02. The van der Waals surface area contributed by atoms with Gasteiger partial charge in [-0.2, -0.15) is 0 Å². The highest BCUT2D eigenvalue weighted by Gasteiger charge is 2.18. The average Bonchev–Trinajstić information content (AvgIpc) is 2.86. The predicted molar refractivity (Wildman–Crippen MR) is 70.8 cm³/mol. The molecule has 90 valence electrons. The molecule has 2 nitrogen and oxygen atoms in total. The Morgan fingerprint density at radius 2 is 2.06 bits per heavy atom. The zero-order valence-corrected chi connectivity index (χ0v) is 10.8. The van der Waals surface area contributed by atoms with Gasteiger partial charge in [-0.1, -0.05) is 25.1 Å². The van der Waals surface area contributed by atoms with E-state index in [1.165, 1.54) is 5.56 Å².